The van der Waals surface area contributed by atoms with E-state index in [1.807, 2.05) is 12.1 Å². The maximum atomic E-state index is 13.8. The number of nitrogens with one attached hydrogen (secondary N) is 1. The first-order valence-electron chi connectivity index (χ1n) is 9.26. The lowest BCUT2D eigenvalue weighted by molar-refractivity contribution is -0.123. The van der Waals surface area contributed by atoms with Gasteiger partial charge in [0.25, 0.3) is 0 Å². The molecule has 144 valence electrons. The van der Waals surface area contributed by atoms with Crippen LogP contribution in [0.15, 0.2) is 42.5 Å². The van der Waals surface area contributed by atoms with Crippen molar-refractivity contribution in [2.45, 2.75) is 32.5 Å². The highest BCUT2D eigenvalue weighted by atomic mass is 35.5. The number of rotatable bonds is 7. The molecule has 2 aromatic rings. The summed E-state index contributed by atoms with van der Waals surface area (Å²) >= 11 is 6.06. The van der Waals surface area contributed by atoms with Crippen LogP contribution < -0.4 is 11.1 Å². The molecule has 0 aromatic heterocycles. The quantitative estimate of drug-likeness (QED) is 0.762. The van der Waals surface area contributed by atoms with Gasteiger partial charge in [-0.15, -0.1) is 0 Å². The van der Waals surface area contributed by atoms with Crippen LogP contribution in [0.3, 0.4) is 0 Å². The SMILES string of the molecule is NC(=O)C1CCCN(Cc2cccc(CNCc3c(F)cccc3Cl)c2)C1. The van der Waals surface area contributed by atoms with Crippen molar-refractivity contribution in [2.24, 2.45) is 11.7 Å². The number of carbonyl (C=O) groups excluding carboxylic acids is 1. The second kappa shape index (κ2) is 9.31. The Morgan fingerprint density at radius 3 is 2.78 bits per heavy atom. The van der Waals surface area contributed by atoms with Gasteiger partial charge in [-0.1, -0.05) is 41.9 Å². The maximum Gasteiger partial charge on any atom is 0.221 e. The molecule has 4 nitrogen and oxygen atoms in total. The van der Waals surface area contributed by atoms with Gasteiger partial charge in [-0.05, 0) is 42.6 Å². The van der Waals surface area contributed by atoms with Crippen LogP contribution in [0.2, 0.25) is 5.02 Å². The third kappa shape index (κ3) is 5.51. The Balaban J connectivity index is 1.55. The van der Waals surface area contributed by atoms with E-state index in [9.17, 15) is 9.18 Å². The van der Waals surface area contributed by atoms with Crippen molar-refractivity contribution >= 4 is 17.5 Å². The van der Waals surface area contributed by atoms with Crippen molar-refractivity contribution in [1.82, 2.24) is 10.2 Å². The Kier molecular flexibility index (Phi) is 6.83. The highest BCUT2D eigenvalue weighted by molar-refractivity contribution is 6.31. The number of piperidine rings is 1. The van der Waals surface area contributed by atoms with Gasteiger partial charge in [-0.25, -0.2) is 4.39 Å². The lowest BCUT2D eigenvalue weighted by Gasteiger charge is -2.31. The summed E-state index contributed by atoms with van der Waals surface area (Å²) in [5.74, 6) is -0.545. The van der Waals surface area contributed by atoms with Gasteiger partial charge in [-0.3, -0.25) is 9.69 Å². The number of hydrogen-bond donors (Lipinski definition) is 2. The molecule has 3 N–H and O–H groups in total. The van der Waals surface area contributed by atoms with Crippen molar-refractivity contribution in [3.05, 3.63) is 70.0 Å². The summed E-state index contributed by atoms with van der Waals surface area (Å²) in [6, 6.07) is 13.0. The van der Waals surface area contributed by atoms with E-state index in [2.05, 4.69) is 22.3 Å². The Hall–Kier alpha value is -1.95. The molecule has 1 heterocycles. The number of likely N-dealkylation sites (tertiary alicyclic amines) is 1. The largest absolute Gasteiger partial charge is 0.369 e. The average molecular weight is 390 g/mol. The van der Waals surface area contributed by atoms with Crippen LogP contribution in [-0.2, 0) is 24.4 Å². The zero-order chi connectivity index (χ0) is 19.2. The molecule has 1 atom stereocenters. The van der Waals surface area contributed by atoms with E-state index in [1.54, 1.807) is 12.1 Å². The van der Waals surface area contributed by atoms with Crippen LogP contribution in [0.5, 0.6) is 0 Å². The fraction of sp³-hybridized carbons (Fsp3) is 0.381. The summed E-state index contributed by atoms with van der Waals surface area (Å²) < 4.78 is 13.8. The van der Waals surface area contributed by atoms with Gasteiger partial charge in [0.1, 0.15) is 5.82 Å². The Bertz CT molecular complexity index is 778. The Labute approximate surface area is 164 Å². The second-order valence-electron chi connectivity index (χ2n) is 7.10. The van der Waals surface area contributed by atoms with Gasteiger partial charge in [0, 0.05) is 36.8 Å². The molecule has 1 fully saturated rings. The third-order valence-corrected chi connectivity index (χ3v) is 5.35. The predicted octanol–water partition coefficient (Wildman–Crippen LogP) is 3.47. The minimum absolute atomic E-state index is 0.0471. The van der Waals surface area contributed by atoms with Gasteiger partial charge in [0.15, 0.2) is 0 Å². The van der Waals surface area contributed by atoms with Crippen molar-refractivity contribution < 1.29 is 9.18 Å². The minimum atomic E-state index is -0.294. The van der Waals surface area contributed by atoms with E-state index in [1.165, 1.54) is 11.6 Å². The first kappa shape index (κ1) is 19.8. The maximum absolute atomic E-state index is 13.8. The molecule has 0 aliphatic carbocycles. The van der Waals surface area contributed by atoms with Gasteiger partial charge < -0.3 is 11.1 Å². The number of hydrogen-bond acceptors (Lipinski definition) is 3. The summed E-state index contributed by atoms with van der Waals surface area (Å²) in [7, 11) is 0. The molecule has 0 spiro atoms. The monoisotopic (exact) mass is 389 g/mol. The topological polar surface area (TPSA) is 58.4 Å². The number of nitrogens with two attached hydrogens (primary N) is 1. The predicted molar refractivity (Wildman–Crippen MR) is 106 cm³/mol. The molecule has 2 aromatic carbocycles. The molecule has 1 aliphatic heterocycles. The summed E-state index contributed by atoms with van der Waals surface area (Å²) in [6.07, 6.45) is 1.88. The Morgan fingerprint density at radius 2 is 2.00 bits per heavy atom. The normalized spacial score (nSPS) is 17.8. The van der Waals surface area contributed by atoms with E-state index in [0.717, 1.165) is 38.0 Å². The number of primary amides is 1. The van der Waals surface area contributed by atoms with Crippen LogP contribution in [0.4, 0.5) is 4.39 Å². The van der Waals surface area contributed by atoms with E-state index in [4.69, 9.17) is 17.3 Å². The van der Waals surface area contributed by atoms with Crippen molar-refractivity contribution in [2.75, 3.05) is 13.1 Å². The fourth-order valence-corrected chi connectivity index (χ4v) is 3.79. The highest BCUT2D eigenvalue weighted by Crippen LogP contribution is 2.20. The fourth-order valence-electron chi connectivity index (χ4n) is 3.56. The van der Waals surface area contributed by atoms with Crippen LogP contribution in [0.25, 0.3) is 0 Å². The van der Waals surface area contributed by atoms with Gasteiger partial charge in [0.05, 0.1) is 5.92 Å². The number of carbonyl (C=O) groups is 1. The molecule has 3 rings (SSSR count). The summed E-state index contributed by atoms with van der Waals surface area (Å²) in [6.45, 7) is 3.52. The van der Waals surface area contributed by atoms with Crippen molar-refractivity contribution in [3.63, 3.8) is 0 Å². The van der Waals surface area contributed by atoms with E-state index in [-0.39, 0.29) is 17.6 Å². The third-order valence-electron chi connectivity index (χ3n) is 5.00. The summed E-state index contributed by atoms with van der Waals surface area (Å²) in [5, 5.41) is 3.69. The van der Waals surface area contributed by atoms with Crippen LogP contribution in [0, 0.1) is 11.7 Å². The second-order valence-corrected chi connectivity index (χ2v) is 7.51. The van der Waals surface area contributed by atoms with Gasteiger partial charge in [0.2, 0.25) is 5.91 Å². The molecule has 0 radical (unpaired) electrons. The molecule has 27 heavy (non-hydrogen) atoms. The molecular weight excluding hydrogens is 365 g/mol. The lowest BCUT2D eigenvalue weighted by Crippen LogP contribution is -2.40. The molecule has 1 amide bonds. The first-order valence-corrected chi connectivity index (χ1v) is 9.64. The smallest absolute Gasteiger partial charge is 0.221 e. The van der Waals surface area contributed by atoms with Crippen molar-refractivity contribution in [1.29, 1.82) is 0 Å². The van der Waals surface area contributed by atoms with Crippen LogP contribution in [-0.4, -0.2) is 23.9 Å². The Morgan fingerprint density at radius 1 is 1.22 bits per heavy atom. The molecule has 0 bridgehead atoms. The first-order chi connectivity index (χ1) is 13.0. The van der Waals surface area contributed by atoms with E-state index in [0.29, 0.717) is 23.7 Å². The van der Waals surface area contributed by atoms with Crippen LogP contribution in [0.1, 0.15) is 29.5 Å². The standard InChI is InChI=1S/C21H25ClFN3O/c22-19-7-2-8-20(23)18(19)12-25-11-15-4-1-5-16(10-15)13-26-9-3-6-17(14-26)21(24)27/h1-2,4-5,7-8,10,17,25H,3,6,9,11-14H2,(H2,24,27). The zero-order valence-corrected chi connectivity index (χ0v) is 16.0. The van der Waals surface area contributed by atoms with Gasteiger partial charge >= 0.3 is 0 Å². The molecule has 1 unspecified atom stereocenters. The molecular formula is C21H25ClFN3O. The number of halogens is 2. The number of benzene rings is 2. The molecule has 1 aliphatic rings. The molecule has 1 saturated heterocycles. The van der Waals surface area contributed by atoms with Crippen molar-refractivity contribution in [3.8, 4) is 0 Å². The van der Waals surface area contributed by atoms with Gasteiger partial charge in [-0.2, -0.15) is 0 Å². The van der Waals surface area contributed by atoms with Crippen LogP contribution >= 0.6 is 11.6 Å². The zero-order valence-electron chi connectivity index (χ0n) is 15.3. The summed E-state index contributed by atoms with van der Waals surface area (Å²) in [4.78, 5) is 13.7. The summed E-state index contributed by atoms with van der Waals surface area (Å²) in [5.41, 5.74) is 8.27. The van der Waals surface area contributed by atoms with E-state index < -0.39 is 0 Å². The number of amides is 1. The lowest BCUT2D eigenvalue weighted by atomic mass is 9.97. The molecule has 0 saturated carbocycles. The highest BCUT2D eigenvalue weighted by Gasteiger charge is 2.23. The molecule has 6 heteroatoms. The average Bonchev–Trinajstić information content (AvgIpc) is 2.65. The van der Waals surface area contributed by atoms with E-state index >= 15 is 0 Å². The minimum Gasteiger partial charge on any atom is -0.369 e. The number of nitrogens with zero attached hydrogens (tertiary/aromatic N) is 1.